The molecular formula is C16H22N4OS. The van der Waals surface area contributed by atoms with Crippen LogP contribution in [-0.4, -0.2) is 52.1 Å². The maximum absolute atomic E-state index is 5.10. The molecule has 0 amide bonds. The van der Waals surface area contributed by atoms with Crippen LogP contribution < -0.4 is 4.74 Å². The van der Waals surface area contributed by atoms with E-state index in [2.05, 4.69) is 21.1 Å². The molecule has 1 aliphatic heterocycles. The topological polar surface area (TPSA) is 54.0 Å². The minimum Gasteiger partial charge on any atom is -0.481 e. The molecule has 6 heteroatoms. The van der Waals surface area contributed by atoms with Gasteiger partial charge >= 0.3 is 0 Å². The summed E-state index contributed by atoms with van der Waals surface area (Å²) in [5, 5.41) is 0. The van der Waals surface area contributed by atoms with E-state index in [1.54, 1.807) is 13.3 Å². The fraction of sp³-hybridized carbons (Fsp3) is 0.500. The monoisotopic (exact) mass is 318 g/mol. The van der Waals surface area contributed by atoms with Gasteiger partial charge in [-0.2, -0.15) is 11.8 Å². The van der Waals surface area contributed by atoms with E-state index >= 15 is 0 Å². The van der Waals surface area contributed by atoms with Crippen LogP contribution in [0.3, 0.4) is 0 Å². The Balaban J connectivity index is 1.70. The first-order valence-electron chi connectivity index (χ1n) is 7.59. The molecule has 3 heterocycles. The van der Waals surface area contributed by atoms with Gasteiger partial charge in [-0.25, -0.2) is 9.97 Å². The van der Waals surface area contributed by atoms with Crippen molar-refractivity contribution in [3.05, 3.63) is 29.7 Å². The number of nitrogens with one attached hydrogen (secondary N) is 1. The lowest BCUT2D eigenvalue weighted by molar-refractivity contribution is 0.251. The van der Waals surface area contributed by atoms with Crippen LogP contribution in [0.1, 0.15) is 17.8 Å². The maximum atomic E-state index is 5.10. The van der Waals surface area contributed by atoms with E-state index in [0.717, 1.165) is 30.9 Å². The zero-order chi connectivity index (χ0) is 15.4. The second kappa shape index (κ2) is 7.15. The standard InChI is InChI=1S/C16H22N4OS/c1-21-15-5-4-12(10-17-15)16-18-13-6-8-20(7-3-9-22-2)11-14(13)19-16/h4-5,10H,3,6-9,11H2,1-2H3,(H,18,19). The summed E-state index contributed by atoms with van der Waals surface area (Å²) >= 11 is 1.92. The summed E-state index contributed by atoms with van der Waals surface area (Å²) in [5.41, 5.74) is 3.46. The van der Waals surface area contributed by atoms with E-state index in [1.165, 1.54) is 30.1 Å². The summed E-state index contributed by atoms with van der Waals surface area (Å²) in [6.45, 7) is 3.24. The van der Waals surface area contributed by atoms with Gasteiger partial charge < -0.3 is 9.72 Å². The van der Waals surface area contributed by atoms with E-state index in [4.69, 9.17) is 9.72 Å². The van der Waals surface area contributed by atoms with Crippen LogP contribution in [0.25, 0.3) is 11.4 Å². The SMILES string of the molecule is COc1ccc(-c2nc3c([nH]2)CN(CCCSC)CC3)cn1. The van der Waals surface area contributed by atoms with Gasteiger partial charge in [-0.1, -0.05) is 0 Å². The first kappa shape index (κ1) is 15.4. The predicted molar refractivity (Wildman–Crippen MR) is 90.4 cm³/mol. The molecule has 0 saturated heterocycles. The average Bonchev–Trinajstić information content (AvgIpc) is 2.98. The van der Waals surface area contributed by atoms with Crippen molar-refractivity contribution in [3.8, 4) is 17.3 Å². The number of methoxy groups -OCH3 is 1. The lowest BCUT2D eigenvalue weighted by Gasteiger charge is -2.25. The summed E-state index contributed by atoms with van der Waals surface area (Å²) in [6.07, 6.45) is 6.24. The fourth-order valence-corrected chi connectivity index (χ4v) is 3.17. The van der Waals surface area contributed by atoms with Crippen LogP contribution >= 0.6 is 11.8 Å². The van der Waals surface area contributed by atoms with E-state index in [-0.39, 0.29) is 0 Å². The number of ether oxygens (including phenoxy) is 1. The van der Waals surface area contributed by atoms with Crippen molar-refractivity contribution >= 4 is 11.8 Å². The van der Waals surface area contributed by atoms with Gasteiger partial charge in [0.05, 0.1) is 18.5 Å². The highest BCUT2D eigenvalue weighted by Crippen LogP contribution is 2.23. The quantitative estimate of drug-likeness (QED) is 0.830. The highest BCUT2D eigenvalue weighted by atomic mass is 32.2. The number of aromatic amines is 1. The Morgan fingerprint density at radius 3 is 3.05 bits per heavy atom. The largest absolute Gasteiger partial charge is 0.481 e. The minimum absolute atomic E-state index is 0.625. The number of hydrogen-bond acceptors (Lipinski definition) is 5. The number of H-pyrrole nitrogens is 1. The van der Waals surface area contributed by atoms with Gasteiger partial charge in [0.15, 0.2) is 0 Å². The number of nitrogens with zero attached hydrogens (tertiary/aromatic N) is 3. The van der Waals surface area contributed by atoms with E-state index in [1.807, 2.05) is 23.9 Å². The Kier molecular flexibility index (Phi) is 5.00. The normalized spacial score (nSPS) is 14.8. The maximum Gasteiger partial charge on any atom is 0.212 e. The van der Waals surface area contributed by atoms with Crippen molar-refractivity contribution in [1.82, 2.24) is 19.9 Å². The molecule has 0 spiro atoms. The summed E-state index contributed by atoms with van der Waals surface area (Å²) in [5.74, 6) is 2.76. The van der Waals surface area contributed by atoms with Gasteiger partial charge in [0.25, 0.3) is 0 Å². The van der Waals surface area contributed by atoms with Gasteiger partial charge in [0, 0.05) is 37.3 Å². The number of imidazole rings is 1. The van der Waals surface area contributed by atoms with Crippen molar-refractivity contribution in [1.29, 1.82) is 0 Å². The average molecular weight is 318 g/mol. The van der Waals surface area contributed by atoms with E-state index in [9.17, 15) is 0 Å². The Hall–Kier alpha value is -1.53. The zero-order valence-corrected chi connectivity index (χ0v) is 13.9. The smallest absolute Gasteiger partial charge is 0.212 e. The molecule has 1 N–H and O–H groups in total. The highest BCUT2D eigenvalue weighted by molar-refractivity contribution is 7.98. The third-order valence-electron chi connectivity index (χ3n) is 3.95. The molecule has 3 rings (SSSR count). The summed E-state index contributed by atoms with van der Waals surface area (Å²) in [6, 6.07) is 3.86. The van der Waals surface area contributed by atoms with Crippen molar-refractivity contribution in [2.75, 3.05) is 32.2 Å². The highest BCUT2D eigenvalue weighted by Gasteiger charge is 2.20. The van der Waals surface area contributed by atoms with Crippen LogP contribution in [0.5, 0.6) is 5.88 Å². The summed E-state index contributed by atoms with van der Waals surface area (Å²) in [7, 11) is 1.62. The number of thioether (sulfide) groups is 1. The Morgan fingerprint density at radius 2 is 2.32 bits per heavy atom. The summed E-state index contributed by atoms with van der Waals surface area (Å²) in [4.78, 5) is 15.0. The molecule has 0 atom stereocenters. The number of aromatic nitrogens is 3. The predicted octanol–water partition coefficient (Wildman–Crippen LogP) is 2.59. The minimum atomic E-state index is 0.625. The second-order valence-corrected chi connectivity index (χ2v) is 6.46. The van der Waals surface area contributed by atoms with Gasteiger partial charge in [0.1, 0.15) is 5.82 Å². The van der Waals surface area contributed by atoms with Gasteiger partial charge in [-0.05, 0) is 31.0 Å². The molecule has 5 nitrogen and oxygen atoms in total. The molecule has 22 heavy (non-hydrogen) atoms. The van der Waals surface area contributed by atoms with E-state index in [0.29, 0.717) is 5.88 Å². The first-order valence-corrected chi connectivity index (χ1v) is 8.99. The third-order valence-corrected chi connectivity index (χ3v) is 4.65. The van der Waals surface area contributed by atoms with Crippen LogP contribution in [0.4, 0.5) is 0 Å². The van der Waals surface area contributed by atoms with Crippen molar-refractivity contribution in [3.63, 3.8) is 0 Å². The number of rotatable bonds is 6. The molecule has 1 aliphatic rings. The number of pyridine rings is 1. The molecule has 2 aromatic heterocycles. The fourth-order valence-electron chi connectivity index (χ4n) is 2.75. The number of fused-ring (bicyclic) bond motifs is 1. The van der Waals surface area contributed by atoms with Crippen molar-refractivity contribution in [2.24, 2.45) is 0 Å². The molecule has 0 fully saturated rings. The van der Waals surface area contributed by atoms with Crippen LogP contribution in [0.15, 0.2) is 18.3 Å². The van der Waals surface area contributed by atoms with Crippen molar-refractivity contribution in [2.45, 2.75) is 19.4 Å². The van der Waals surface area contributed by atoms with Crippen LogP contribution in [-0.2, 0) is 13.0 Å². The van der Waals surface area contributed by atoms with Crippen LogP contribution in [0, 0.1) is 0 Å². The number of hydrogen-bond donors (Lipinski definition) is 1. The first-order chi connectivity index (χ1) is 10.8. The van der Waals surface area contributed by atoms with Gasteiger partial charge in [-0.15, -0.1) is 0 Å². The molecule has 2 aromatic rings. The molecule has 118 valence electrons. The lowest BCUT2D eigenvalue weighted by Crippen LogP contribution is -2.31. The molecule has 0 saturated carbocycles. The summed E-state index contributed by atoms with van der Waals surface area (Å²) < 4.78 is 5.10. The third kappa shape index (κ3) is 3.44. The molecule has 0 unspecified atom stereocenters. The molecule has 0 radical (unpaired) electrons. The van der Waals surface area contributed by atoms with Gasteiger partial charge in [-0.3, -0.25) is 4.90 Å². The zero-order valence-electron chi connectivity index (χ0n) is 13.1. The molecular weight excluding hydrogens is 296 g/mol. The molecule has 0 aliphatic carbocycles. The van der Waals surface area contributed by atoms with Crippen LogP contribution in [0.2, 0.25) is 0 Å². The molecule has 0 aromatic carbocycles. The van der Waals surface area contributed by atoms with Gasteiger partial charge in [0.2, 0.25) is 5.88 Å². The molecule has 0 bridgehead atoms. The van der Waals surface area contributed by atoms with E-state index < -0.39 is 0 Å². The lowest BCUT2D eigenvalue weighted by atomic mass is 10.1. The Morgan fingerprint density at radius 1 is 1.41 bits per heavy atom. The Bertz CT molecular complexity index is 611. The second-order valence-electron chi connectivity index (χ2n) is 5.47. The Labute approximate surface area is 135 Å². The van der Waals surface area contributed by atoms with Crippen molar-refractivity contribution < 1.29 is 4.74 Å².